The summed E-state index contributed by atoms with van der Waals surface area (Å²) in [5.41, 5.74) is 3.99. The monoisotopic (exact) mass is 273 g/mol. The Bertz CT molecular complexity index is 562. The molecule has 4 heteroatoms. The van der Waals surface area contributed by atoms with Crippen LogP contribution in [-0.4, -0.2) is 15.5 Å². The molecule has 19 heavy (non-hydrogen) atoms. The second-order valence-corrected chi connectivity index (χ2v) is 6.24. The Morgan fingerprint density at radius 3 is 3.00 bits per heavy atom. The van der Waals surface area contributed by atoms with Crippen molar-refractivity contribution in [3.63, 3.8) is 0 Å². The second-order valence-electron chi connectivity index (χ2n) is 5.21. The number of rotatable bonds is 3. The first kappa shape index (κ1) is 12.6. The van der Waals surface area contributed by atoms with Gasteiger partial charge in [0.15, 0.2) is 0 Å². The van der Waals surface area contributed by atoms with Gasteiger partial charge < -0.3 is 5.32 Å². The molecule has 1 atom stereocenters. The van der Waals surface area contributed by atoms with Crippen molar-refractivity contribution in [2.75, 3.05) is 11.1 Å². The zero-order valence-corrected chi connectivity index (χ0v) is 12.2. The maximum absolute atomic E-state index is 4.38. The van der Waals surface area contributed by atoms with Crippen molar-refractivity contribution >= 4 is 17.4 Å². The van der Waals surface area contributed by atoms with Crippen molar-refractivity contribution in [1.82, 2.24) is 9.78 Å². The van der Waals surface area contributed by atoms with E-state index in [9.17, 15) is 0 Å². The molecule has 0 fully saturated rings. The topological polar surface area (TPSA) is 29.9 Å². The second kappa shape index (κ2) is 5.29. The smallest absolute Gasteiger partial charge is 0.0731 e. The summed E-state index contributed by atoms with van der Waals surface area (Å²) in [5, 5.41) is 7.99. The summed E-state index contributed by atoms with van der Waals surface area (Å²) in [5.74, 6) is 2.24. The van der Waals surface area contributed by atoms with Gasteiger partial charge in [0.1, 0.15) is 0 Å². The third-order valence-electron chi connectivity index (χ3n) is 3.44. The molecule has 0 aliphatic carbocycles. The highest BCUT2D eigenvalue weighted by Crippen LogP contribution is 2.33. The predicted molar refractivity (Wildman–Crippen MR) is 81.6 cm³/mol. The Labute approximate surface area is 118 Å². The summed E-state index contributed by atoms with van der Waals surface area (Å²) in [7, 11) is 0. The lowest BCUT2D eigenvalue weighted by Gasteiger charge is -2.26. The van der Waals surface area contributed by atoms with E-state index in [4.69, 9.17) is 0 Å². The summed E-state index contributed by atoms with van der Waals surface area (Å²) in [6.07, 6.45) is 4.01. The fraction of sp³-hybridized carbons (Fsp3) is 0.400. The van der Waals surface area contributed by atoms with Gasteiger partial charge in [0.25, 0.3) is 0 Å². The molecule has 2 aromatic rings. The van der Waals surface area contributed by atoms with Crippen molar-refractivity contribution in [1.29, 1.82) is 0 Å². The van der Waals surface area contributed by atoms with Gasteiger partial charge in [-0.1, -0.05) is 24.3 Å². The average molecular weight is 273 g/mol. The molecule has 0 saturated heterocycles. The highest BCUT2D eigenvalue weighted by Gasteiger charge is 2.20. The first-order chi connectivity index (χ1) is 9.24. The standard InChI is InChI=1S/C15H19N3S/c1-11(2)18-8-13(7-16-18)17-15-10-19-9-12-5-3-4-6-14(12)15/h3-8,11,15,17H,9-10H2,1-2H3. The van der Waals surface area contributed by atoms with Gasteiger partial charge in [-0.15, -0.1) is 0 Å². The predicted octanol–water partition coefficient (Wildman–Crippen LogP) is 3.86. The van der Waals surface area contributed by atoms with Crippen LogP contribution in [0.4, 0.5) is 5.69 Å². The van der Waals surface area contributed by atoms with Gasteiger partial charge in [-0.2, -0.15) is 16.9 Å². The minimum absolute atomic E-state index is 0.389. The van der Waals surface area contributed by atoms with Crippen molar-refractivity contribution < 1.29 is 0 Å². The number of hydrogen-bond donors (Lipinski definition) is 1. The van der Waals surface area contributed by atoms with E-state index in [0.29, 0.717) is 12.1 Å². The van der Waals surface area contributed by atoms with Crippen LogP contribution < -0.4 is 5.32 Å². The minimum Gasteiger partial charge on any atom is -0.375 e. The van der Waals surface area contributed by atoms with Gasteiger partial charge in [0, 0.05) is 23.7 Å². The Morgan fingerprint density at radius 2 is 2.21 bits per heavy atom. The molecule has 1 unspecified atom stereocenters. The number of aromatic nitrogens is 2. The van der Waals surface area contributed by atoms with Crippen LogP contribution in [-0.2, 0) is 5.75 Å². The molecule has 1 aromatic heterocycles. The molecule has 0 saturated carbocycles. The highest BCUT2D eigenvalue weighted by molar-refractivity contribution is 7.98. The Kier molecular flexibility index (Phi) is 3.51. The summed E-state index contributed by atoms with van der Waals surface area (Å²) < 4.78 is 1.99. The van der Waals surface area contributed by atoms with Crippen molar-refractivity contribution in [3.8, 4) is 0 Å². The lowest BCUT2D eigenvalue weighted by molar-refractivity contribution is 0.532. The number of fused-ring (bicyclic) bond motifs is 1. The van der Waals surface area contributed by atoms with E-state index < -0.39 is 0 Å². The lowest BCUT2D eigenvalue weighted by atomic mass is 10.0. The highest BCUT2D eigenvalue weighted by atomic mass is 32.2. The van der Waals surface area contributed by atoms with E-state index in [1.54, 1.807) is 0 Å². The molecule has 2 heterocycles. The molecule has 0 radical (unpaired) electrons. The maximum atomic E-state index is 4.38. The molecule has 0 amide bonds. The first-order valence-electron chi connectivity index (χ1n) is 6.70. The van der Waals surface area contributed by atoms with E-state index in [1.165, 1.54) is 11.1 Å². The lowest BCUT2D eigenvalue weighted by Crippen LogP contribution is -2.18. The molecule has 1 aliphatic rings. The molecular weight excluding hydrogens is 254 g/mol. The van der Waals surface area contributed by atoms with Gasteiger partial charge in [-0.05, 0) is 25.0 Å². The average Bonchev–Trinajstić information content (AvgIpc) is 2.88. The van der Waals surface area contributed by atoms with Crippen LogP contribution in [0.2, 0.25) is 0 Å². The van der Waals surface area contributed by atoms with Crippen LogP contribution >= 0.6 is 11.8 Å². The van der Waals surface area contributed by atoms with Crippen molar-refractivity contribution in [2.45, 2.75) is 31.7 Å². The van der Waals surface area contributed by atoms with Crippen LogP contribution in [0, 0.1) is 0 Å². The van der Waals surface area contributed by atoms with Gasteiger partial charge in [-0.3, -0.25) is 4.68 Å². The normalized spacial score (nSPS) is 18.4. The summed E-state index contributed by atoms with van der Waals surface area (Å²) >= 11 is 1.99. The number of nitrogens with one attached hydrogen (secondary N) is 1. The molecule has 3 rings (SSSR count). The minimum atomic E-state index is 0.389. The fourth-order valence-electron chi connectivity index (χ4n) is 2.40. The van der Waals surface area contributed by atoms with Crippen LogP contribution in [0.5, 0.6) is 0 Å². The van der Waals surface area contributed by atoms with Crippen molar-refractivity contribution in [2.24, 2.45) is 0 Å². The van der Waals surface area contributed by atoms with Gasteiger partial charge in [0.05, 0.1) is 17.9 Å². The third-order valence-corrected chi connectivity index (χ3v) is 4.53. The summed E-state index contributed by atoms with van der Waals surface area (Å²) in [6.45, 7) is 4.28. The first-order valence-corrected chi connectivity index (χ1v) is 7.86. The summed E-state index contributed by atoms with van der Waals surface area (Å²) in [4.78, 5) is 0. The zero-order chi connectivity index (χ0) is 13.2. The van der Waals surface area contributed by atoms with Crippen molar-refractivity contribution in [3.05, 3.63) is 47.8 Å². The number of anilines is 1. The van der Waals surface area contributed by atoms with E-state index in [2.05, 4.69) is 54.7 Å². The summed E-state index contributed by atoms with van der Waals surface area (Å²) in [6, 6.07) is 9.51. The number of nitrogens with zero attached hydrogens (tertiary/aromatic N) is 2. The number of benzene rings is 1. The zero-order valence-electron chi connectivity index (χ0n) is 11.3. The van der Waals surface area contributed by atoms with E-state index in [1.807, 2.05) is 22.6 Å². The molecule has 1 aromatic carbocycles. The number of thioether (sulfide) groups is 1. The van der Waals surface area contributed by atoms with Gasteiger partial charge >= 0.3 is 0 Å². The Balaban J connectivity index is 1.80. The molecule has 0 spiro atoms. The molecule has 0 bridgehead atoms. The van der Waals surface area contributed by atoms with E-state index in [0.717, 1.165) is 17.2 Å². The fourth-order valence-corrected chi connectivity index (χ4v) is 3.50. The third kappa shape index (κ3) is 2.63. The molecule has 1 N–H and O–H groups in total. The van der Waals surface area contributed by atoms with Gasteiger partial charge in [-0.25, -0.2) is 0 Å². The molecule has 100 valence electrons. The Morgan fingerprint density at radius 1 is 1.37 bits per heavy atom. The van der Waals surface area contributed by atoms with Crippen LogP contribution in [0.3, 0.4) is 0 Å². The van der Waals surface area contributed by atoms with Gasteiger partial charge in [0.2, 0.25) is 0 Å². The van der Waals surface area contributed by atoms with Crippen LogP contribution in [0.25, 0.3) is 0 Å². The van der Waals surface area contributed by atoms with Crippen LogP contribution in [0.1, 0.15) is 37.1 Å². The molecular formula is C15H19N3S. The quantitative estimate of drug-likeness (QED) is 0.921. The van der Waals surface area contributed by atoms with Crippen LogP contribution in [0.15, 0.2) is 36.7 Å². The van der Waals surface area contributed by atoms with E-state index >= 15 is 0 Å². The molecule has 1 aliphatic heterocycles. The Hall–Kier alpha value is -1.42. The largest absolute Gasteiger partial charge is 0.375 e. The van der Waals surface area contributed by atoms with E-state index in [-0.39, 0.29) is 0 Å². The maximum Gasteiger partial charge on any atom is 0.0731 e. The molecule has 3 nitrogen and oxygen atoms in total. The number of hydrogen-bond acceptors (Lipinski definition) is 3. The SMILES string of the molecule is CC(C)n1cc(NC2CSCc3ccccc32)cn1.